The third-order valence-electron chi connectivity index (χ3n) is 2.10. The molecule has 0 saturated heterocycles. The van der Waals surface area contributed by atoms with Gasteiger partial charge in [-0.05, 0) is 18.2 Å². The van der Waals surface area contributed by atoms with Crippen LogP contribution in [0.5, 0.6) is 5.75 Å². The molecule has 0 amide bonds. The average molecular weight is 255 g/mol. The molecule has 0 radical (unpaired) electrons. The van der Waals surface area contributed by atoms with E-state index in [9.17, 15) is 0 Å². The van der Waals surface area contributed by atoms with Gasteiger partial charge in [-0.1, -0.05) is 11.6 Å². The minimum atomic E-state index is 0.650. The largest absolute Gasteiger partial charge is 0.496 e. The molecule has 2 aromatic rings. The van der Waals surface area contributed by atoms with Crippen molar-refractivity contribution < 1.29 is 4.74 Å². The van der Waals surface area contributed by atoms with E-state index >= 15 is 0 Å². The summed E-state index contributed by atoms with van der Waals surface area (Å²) in [5.74, 6) is 0.827. The molecular weight excluding hydrogens is 244 g/mol. The van der Waals surface area contributed by atoms with Crippen LogP contribution in [0.25, 0.3) is 0 Å². The zero-order chi connectivity index (χ0) is 11.4. The van der Waals surface area contributed by atoms with Crippen molar-refractivity contribution in [1.82, 2.24) is 4.98 Å². The summed E-state index contributed by atoms with van der Waals surface area (Å²) in [6, 6.07) is 5.56. The Morgan fingerprint density at radius 3 is 3.06 bits per heavy atom. The second kappa shape index (κ2) is 5.18. The quantitative estimate of drug-likeness (QED) is 0.908. The van der Waals surface area contributed by atoms with Crippen molar-refractivity contribution in [2.75, 3.05) is 12.4 Å². The van der Waals surface area contributed by atoms with E-state index in [1.165, 1.54) is 0 Å². The maximum Gasteiger partial charge on any atom is 0.182 e. The Kier molecular flexibility index (Phi) is 3.64. The van der Waals surface area contributed by atoms with Gasteiger partial charge in [0.05, 0.1) is 7.11 Å². The highest BCUT2D eigenvalue weighted by molar-refractivity contribution is 7.13. The molecule has 0 atom stereocenters. The number of rotatable bonds is 4. The number of methoxy groups -OCH3 is 1. The summed E-state index contributed by atoms with van der Waals surface area (Å²) < 4.78 is 5.25. The fourth-order valence-electron chi connectivity index (χ4n) is 1.37. The molecule has 0 saturated carbocycles. The summed E-state index contributed by atoms with van der Waals surface area (Å²) in [7, 11) is 1.65. The first-order valence-corrected chi connectivity index (χ1v) is 6.01. The van der Waals surface area contributed by atoms with Gasteiger partial charge in [0.1, 0.15) is 5.75 Å². The van der Waals surface area contributed by atoms with Crippen molar-refractivity contribution in [2.45, 2.75) is 6.54 Å². The number of anilines is 1. The molecule has 1 heterocycles. The summed E-state index contributed by atoms with van der Waals surface area (Å²) in [4.78, 5) is 4.14. The molecule has 84 valence electrons. The molecule has 2 rings (SSSR count). The lowest BCUT2D eigenvalue weighted by atomic mass is 10.2. The number of hydrogen-bond donors (Lipinski definition) is 1. The van der Waals surface area contributed by atoms with Crippen LogP contribution in [0, 0.1) is 0 Å². The molecule has 0 spiro atoms. The Morgan fingerprint density at radius 1 is 1.50 bits per heavy atom. The molecule has 0 aliphatic carbocycles. The van der Waals surface area contributed by atoms with Crippen LogP contribution in [0.1, 0.15) is 5.56 Å². The van der Waals surface area contributed by atoms with E-state index in [-0.39, 0.29) is 0 Å². The van der Waals surface area contributed by atoms with Crippen LogP contribution in [-0.4, -0.2) is 12.1 Å². The van der Waals surface area contributed by atoms with Crippen molar-refractivity contribution >= 4 is 28.1 Å². The summed E-state index contributed by atoms with van der Waals surface area (Å²) in [5, 5.41) is 6.74. The van der Waals surface area contributed by atoms with Gasteiger partial charge in [-0.2, -0.15) is 0 Å². The molecule has 0 fully saturated rings. The molecule has 0 unspecified atom stereocenters. The number of aromatic nitrogens is 1. The highest BCUT2D eigenvalue weighted by Gasteiger charge is 2.04. The number of nitrogens with one attached hydrogen (secondary N) is 1. The number of thiazole rings is 1. The van der Waals surface area contributed by atoms with E-state index in [2.05, 4.69) is 10.3 Å². The minimum Gasteiger partial charge on any atom is -0.496 e. The number of nitrogens with zero attached hydrogens (tertiary/aromatic N) is 1. The van der Waals surface area contributed by atoms with Crippen molar-refractivity contribution in [3.63, 3.8) is 0 Å². The van der Waals surface area contributed by atoms with Crippen LogP contribution in [0.4, 0.5) is 5.13 Å². The predicted octanol–water partition coefficient (Wildman–Crippen LogP) is 3.42. The van der Waals surface area contributed by atoms with Crippen LogP contribution in [0.2, 0.25) is 5.02 Å². The van der Waals surface area contributed by atoms with Crippen LogP contribution in [0.15, 0.2) is 29.8 Å². The maximum atomic E-state index is 5.94. The molecule has 0 aliphatic rings. The van der Waals surface area contributed by atoms with Crippen molar-refractivity contribution in [3.05, 3.63) is 40.4 Å². The first kappa shape index (κ1) is 11.2. The van der Waals surface area contributed by atoms with E-state index in [4.69, 9.17) is 16.3 Å². The van der Waals surface area contributed by atoms with E-state index in [0.717, 1.165) is 16.4 Å². The first-order valence-electron chi connectivity index (χ1n) is 4.75. The Labute approximate surface area is 103 Å². The fourth-order valence-corrected chi connectivity index (χ4v) is 2.09. The number of halogens is 1. The van der Waals surface area contributed by atoms with Gasteiger partial charge < -0.3 is 10.1 Å². The van der Waals surface area contributed by atoms with E-state index in [0.29, 0.717) is 11.6 Å². The number of benzene rings is 1. The molecule has 1 aromatic carbocycles. The Bertz CT molecular complexity index is 459. The standard InChI is InChI=1S/C11H11ClN2OS/c1-15-10-3-2-9(12)6-8(10)7-14-11-13-4-5-16-11/h2-6H,7H2,1H3,(H,13,14). The van der Waals surface area contributed by atoms with Crippen molar-refractivity contribution in [1.29, 1.82) is 0 Å². The minimum absolute atomic E-state index is 0.650. The zero-order valence-corrected chi connectivity index (χ0v) is 10.3. The van der Waals surface area contributed by atoms with Gasteiger partial charge >= 0.3 is 0 Å². The third-order valence-corrected chi connectivity index (χ3v) is 3.07. The van der Waals surface area contributed by atoms with Gasteiger partial charge in [0.2, 0.25) is 0 Å². The number of hydrogen-bond acceptors (Lipinski definition) is 4. The maximum absolute atomic E-state index is 5.94. The van der Waals surface area contributed by atoms with Gasteiger partial charge in [0, 0.05) is 28.7 Å². The molecule has 5 heteroatoms. The van der Waals surface area contributed by atoms with Gasteiger partial charge in [-0.15, -0.1) is 11.3 Å². The van der Waals surface area contributed by atoms with Crippen LogP contribution >= 0.6 is 22.9 Å². The first-order chi connectivity index (χ1) is 7.79. The van der Waals surface area contributed by atoms with Crippen LogP contribution in [-0.2, 0) is 6.54 Å². The van der Waals surface area contributed by atoms with Gasteiger partial charge in [0.25, 0.3) is 0 Å². The summed E-state index contributed by atoms with van der Waals surface area (Å²) in [5.41, 5.74) is 1.02. The molecule has 3 nitrogen and oxygen atoms in total. The Hall–Kier alpha value is -1.26. The third kappa shape index (κ3) is 2.65. The summed E-state index contributed by atoms with van der Waals surface area (Å²) in [6.45, 7) is 0.650. The highest BCUT2D eigenvalue weighted by atomic mass is 35.5. The normalized spacial score (nSPS) is 10.1. The summed E-state index contributed by atoms with van der Waals surface area (Å²) >= 11 is 7.50. The monoisotopic (exact) mass is 254 g/mol. The lowest BCUT2D eigenvalue weighted by molar-refractivity contribution is 0.410. The van der Waals surface area contributed by atoms with Gasteiger partial charge in [-0.3, -0.25) is 0 Å². The SMILES string of the molecule is COc1ccc(Cl)cc1CNc1nccs1. The van der Waals surface area contributed by atoms with Crippen LogP contribution < -0.4 is 10.1 Å². The van der Waals surface area contributed by atoms with Gasteiger partial charge in [-0.25, -0.2) is 4.98 Å². The average Bonchev–Trinajstić information content (AvgIpc) is 2.79. The Balaban J connectivity index is 2.11. The fraction of sp³-hybridized carbons (Fsp3) is 0.182. The predicted molar refractivity (Wildman–Crippen MR) is 67.4 cm³/mol. The van der Waals surface area contributed by atoms with E-state index in [1.54, 1.807) is 24.6 Å². The molecule has 16 heavy (non-hydrogen) atoms. The molecule has 0 aliphatic heterocycles. The molecule has 1 aromatic heterocycles. The molecule has 0 bridgehead atoms. The summed E-state index contributed by atoms with van der Waals surface area (Å²) in [6.07, 6.45) is 1.77. The van der Waals surface area contributed by atoms with Crippen molar-refractivity contribution in [3.8, 4) is 5.75 Å². The van der Waals surface area contributed by atoms with Crippen LogP contribution in [0.3, 0.4) is 0 Å². The van der Waals surface area contributed by atoms with E-state index in [1.807, 2.05) is 23.6 Å². The highest BCUT2D eigenvalue weighted by Crippen LogP contribution is 2.23. The lowest BCUT2D eigenvalue weighted by Crippen LogP contribution is -2.01. The molecular formula is C11H11ClN2OS. The number of ether oxygens (including phenoxy) is 1. The van der Waals surface area contributed by atoms with E-state index < -0.39 is 0 Å². The van der Waals surface area contributed by atoms with Gasteiger partial charge in [0.15, 0.2) is 5.13 Å². The lowest BCUT2D eigenvalue weighted by Gasteiger charge is -2.09. The molecule has 1 N–H and O–H groups in total. The Morgan fingerprint density at radius 2 is 2.38 bits per heavy atom. The second-order valence-electron chi connectivity index (χ2n) is 3.15. The zero-order valence-electron chi connectivity index (χ0n) is 8.74. The topological polar surface area (TPSA) is 34.1 Å². The van der Waals surface area contributed by atoms with Crippen molar-refractivity contribution in [2.24, 2.45) is 0 Å². The second-order valence-corrected chi connectivity index (χ2v) is 4.48. The smallest absolute Gasteiger partial charge is 0.182 e.